The van der Waals surface area contributed by atoms with Crippen molar-refractivity contribution in [3.63, 3.8) is 0 Å². The fraction of sp³-hybridized carbons (Fsp3) is 0.815. The van der Waals surface area contributed by atoms with E-state index in [2.05, 4.69) is 74.6 Å². The number of hydrogen-bond donors (Lipinski definition) is 2. The Morgan fingerprint density at radius 2 is 0.733 bits per heavy atom. The first-order valence-corrected chi connectivity index (χ1v) is 33.3. The summed E-state index contributed by atoms with van der Waals surface area (Å²) in [6.45, 7) is 3.64. The lowest BCUT2D eigenvalue weighted by Gasteiger charge is -2.19. The van der Waals surface area contributed by atoms with Gasteiger partial charge in [-0.3, -0.25) is 18.6 Å². The molecule has 0 bridgehead atoms. The first kappa shape index (κ1) is 72.7. The predicted octanol–water partition coefficient (Wildman–Crippen LogP) is 20.3. The minimum absolute atomic E-state index is 0.0512. The van der Waals surface area contributed by atoms with Gasteiger partial charge in [0.15, 0.2) is 6.10 Å². The van der Waals surface area contributed by atoms with Crippen molar-refractivity contribution in [2.45, 2.75) is 315 Å². The van der Waals surface area contributed by atoms with E-state index in [-0.39, 0.29) is 38.6 Å². The third-order valence-electron chi connectivity index (χ3n) is 13.9. The molecule has 0 saturated carbocycles. The molecule has 0 rings (SSSR count). The molecule has 0 aromatic heterocycles. The molecule has 0 aliphatic rings. The maximum Gasteiger partial charge on any atom is 0.472 e. The molecular weight excluding hydrogens is 954 g/mol. The van der Waals surface area contributed by atoms with Crippen LogP contribution < -0.4 is 5.73 Å². The third-order valence-corrected chi connectivity index (χ3v) is 14.9. The van der Waals surface area contributed by atoms with Crippen molar-refractivity contribution in [1.29, 1.82) is 0 Å². The molecule has 2 atom stereocenters. The van der Waals surface area contributed by atoms with Crippen LogP contribution >= 0.6 is 7.82 Å². The lowest BCUT2D eigenvalue weighted by molar-refractivity contribution is -0.161. The predicted molar refractivity (Wildman–Crippen MR) is 321 cm³/mol. The van der Waals surface area contributed by atoms with Crippen LogP contribution in [0, 0.1) is 0 Å². The Morgan fingerprint density at radius 1 is 0.413 bits per heavy atom. The number of nitrogens with two attached hydrogens (primary N) is 1. The smallest absolute Gasteiger partial charge is 0.462 e. The molecule has 0 aliphatic carbocycles. The molecule has 0 radical (unpaired) electrons. The van der Waals surface area contributed by atoms with E-state index in [1.54, 1.807) is 0 Å². The van der Waals surface area contributed by atoms with E-state index in [0.717, 1.165) is 70.6 Å². The highest BCUT2D eigenvalue weighted by Crippen LogP contribution is 2.43. The number of esters is 2. The Labute approximate surface area is 463 Å². The average molecular weight is 1070 g/mol. The average Bonchev–Trinajstić information content (AvgIpc) is 3.40. The van der Waals surface area contributed by atoms with E-state index < -0.39 is 26.5 Å². The van der Waals surface area contributed by atoms with Crippen LogP contribution in [0.4, 0.5) is 0 Å². The van der Waals surface area contributed by atoms with Crippen LogP contribution in [-0.4, -0.2) is 49.3 Å². The molecule has 0 aromatic carbocycles. The van der Waals surface area contributed by atoms with Gasteiger partial charge in [0.1, 0.15) is 6.61 Å². The summed E-state index contributed by atoms with van der Waals surface area (Å²) in [5.41, 5.74) is 5.38. The van der Waals surface area contributed by atoms with Crippen LogP contribution in [0.25, 0.3) is 0 Å². The van der Waals surface area contributed by atoms with Gasteiger partial charge in [-0.2, -0.15) is 0 Å². The van der Waals surface area contributed by atoms with Gasteiger partial charge in [0.25, 0.3) is 0 Å². The summed E-state index contributed by atoms with van der Waals surface area (Å²) < 4.78 is 33.0. The number of phosphoric acid groups is 1. The molecule has 0 amide bonds. The SMILES string of the molecule is CC/C=C\C/C=C\C/C=C\CCCCCCCCCC(=O)OC(COC(=O)CCCCCCCCCCCCCCCCCCCCCCCCCCC/C=C\C/C=C\CCCCCCC)COP(=O)(O)OCCN. The second-order valence-corrected chi connectivity index (χ2v) is 22.7. The summed E-state index contributed by atoms with van der Waals surface area (Å²) in [6, 6.07) is 0. The van der Waals surface area contributed by atoms with E-state index in [1.165, 1.54) is 205 Å². The maximum atomic E-state index is 12.7. The van der Waals surface area contributed by atoms with Crippen LogP contribution in [-0.2, 0) is 32.7 Å². The fourth-order valence-electron chi connectivity index (χ4n) is 9.21. The van der Waals surface area contributed by atoms with Crippen molar-refractivity contribution >= 4 is 19.8 Å². The van der Waals surface area contributed by atoms with E-state index in [0.29, 0.717) is 6.42 Å². The topological polar surface area (TPSA) is 134 Å². The summed E-state index contributed by atoms with van der Waals surface area (Å²) in [7, 11) is -4.39. The van der Waals surface area contributed by atoms with Crippen molar-refractivity contribution in [3.8, 4) is 0 Å². The van der Waals surface area contributed by atoms with E-state index in [1.807, 2.05) is 0 Å². The number of unbranched alkanes of at least 4 members (excludes halogenated alkanes) is 37. The Balaban J connectivity index is 3.78. The van der Waals surface area contributed by atoms with Gasteiger partial charge in [-0.05, 0) is 77.0 Å². The summed E-state index contributed by atoms with van der Waals surface area (Å²) in [5.74, 6) is -0.828. The summed E-state index contributed by atoms with van der Waals surface area (Å²) in [5, 5.41) is 0. The number of carbonyl (C=O) groups is 2. The van der Waals surface area contributed by atoms with Crippen LogP contribution in [0.5, 0.6) is 0 Å². The number of carbonyl (C=O) groups excluding carboxylic acids is 2. The fourth-order valence-corrected chi connectivity index (χ4v) is 9.98. The Morgan fingerprint density at radius 3 is 1.09 bits per heavy atom. The minimum atomic E-state index is -4.39. The monoisotopic (exact) mass is 1070 g/mol. The van der Waals surface area contributed by atoms with Gasteiger partial charge in [-0.1, -0.05) is 280 Å². The zero-order chi connectivity index (χ0) is 54.5. The highest BCUT2D eigenvalue weighted by Gasteiger charge is 2.26. The molecule has 0 aliphatic heterocycles. The van der Waals surface area contributed by atoms with Gasteiger partial charge >= 0.3 is 19.8 Å². The number of ether oxygens (including phenoxy) is 2. The quantitative estimate of drug-likeness (QED) is 0.0264. The normalized spacial score (nSPS) is 13.4. The van der Waals surface area contributed by atoms with Gasteiger partial charge in [0, 0.05) is 19.4 Å². The summed E-state index contributed by atoms with van der Waals surface area (Å²) in [6.07, 6.45) is 77.4. The minimum Gasteiger partial charge on any atom is -0.462 e. The number of phosphoric ester groups is 1. The molecule has 9 nitrogen and oxygen atoms in total. The Hall–Kier alpha value is -2.29. The van der Waals surface area contributed by atoms with Gasteiger partial charge in [0.2, 0.25) is 0 Å². The number of rotatable bonds is 60. The van der Waals surface area contributed by atoms with E-state index in [9.17, 15) is 19.0 Å². The third kappa shape index (κ3) is 60.8. The number of allylic oxidation sites excluding steroid dienone is 10. The van der Waals surface area contributed by atoms with Crippen LogP contribution in [0.2, 0.25) is 0 Å². The van der Waals surface area contributed by atoms with Crippen molar-refractivity contribution in [3.05, 3.63) is 60.8 Å². The van der Waals surface area contributed by atoms with Gasteiger partial charge in [-0.25, -0.2) is 4.57 Å². The first-order valence-electron chi connectivity index (χ1n) is 31.8. The van der Waals surface area contributed by atoms with Crippen molar-refractivity contribution < 1.29 is 37.6 Å². The molecule has 438 valence electrons. The van der Waals surface area contributed by atoms with Gasteiger partial charge in [-0.15, -0.1) is 0 Å². The molecule has 0 spiro atoms. The van der Waals surface area contributed by atoms with Crippen molar-refractivity contribution in [2.24, 2.45) is 5.73 Å². The number of hydrogen-bond acceptors (Lipinski definition) is 8. The first-order chi connectivity index (χ1) is 36.8. The Bertz CT molecular complexity index is 1410. The highest BCUT2D eigenvalue weighted by molar-refractivity contribution is 7.47. The standard InChI is InChI=1S/C65H120NO8P/c1-3-5-7-9-11-13-15-17-19-21-22-23-24-25-26-27-28-29-30-31-32-33-34-35-36-37-38-39-40-42-43-45-47-49-51-53-55-57-64(67)71-61-63(62-73-75(69,70)72-60-59-66)74-65(68)58-56-54-52-50-48-46-44-41-20-18-16-14-12-10-8-6-4-2/h6,8,12,14-15,17-18,20-22,63H,3-5,7,9-11,13,16,19,23-62,66H2,1-2H3,(H,69,70)/b8-6-,14-12-,17-15-,20-18-,22-21-. The summed E-state index contributed by atoms with van der Waals surface area (Å²) in [4.78, 5) is 35.2. The highest BCUT2D eigenvalue weighted by atomic mass is 31.2. The molecule has 0 aromatic rings. The van der Waals surface area contributed by atoms with Crippen LogP contribution in [0.15, 0.2) is 60.8 Å². The lowest BCUT2D eigenvalue weighted by atomic mass is 10.0. The van der Waals surface area contributed by atoms with Gasteiger partial charge in [0.05, 0.1) is 13.2 Å². The molecule has 2 unspecified atom stereocenters. The largest absolute Gasteiger partial charge is 0.472 e. The lowest BCUT2D eigenvalue weighted by Crippen LogP contribution is -2.29. The van der Waals surface area contributed by atoms with Gasteiger partial charge < -0.3 is 20.1 Å². The molecule has 0 heterocycles. The zero-order valence-corrected chi connectivity index (χ0v) is 49.9. The Kier molecular flexibility index (Phi) is 59.1. The molecule has 75 heavy (non-hydrogen) atoms. The molecule has 3 N–H and O–H groups in total. The molecular formula is C65H120NO8P. The zero-order valence-electron chi connectivity index (χ0n) is 49.0. The van der Waals surface area contributed by atoms with Crippen LogP contribution in [0.3, 0.4) is 0 Å². The van der Waals surface area contributed by atoms with E-state index in [4.69, 9.17) is 24.3 Å². The molecule has 0 saturated heterocycles. The van der Waals surface area contributed by atoms with Crippen molar-refractivity contribution in [1.82, 2.24) is 0 Å². The van der Waals surface area contributed by atoms with E-state index >= 15 is 0 Å². The maximum absolute atomic E-state index is 12.7. The second kappa shape index (κ2) is 60.9. The molecule has 0 fully saturated rings. The van der Waals surface area contributed by atoms with Crippen LogP contribution in [0.1, 0.15) is 309 Å². The van der Waals surface area contributed by atoms with Crippen molar-refractivity contribution in [2.75, 3.05) is 26.4 Å². The second-order valence-electron chi connectivity index (χ2n) is 21.2. The summed E-state index contributed by atoms with van der Waals surface area (Å²) >= 11 is 0. The molecule has 10 heteroatoms.